The standard InChI is InChI=1S/C24H30N4OS/c1-7-28-22(18-9-11-19(12-10-18)24(4,5)6)26-27-23(28)30-15-21(29)25-20-13-8-16(2)17(3)14-20/h8-14H,7,15H2,1-6H3,(H,25,29). The number of aromatic nitrogens is 3. The zero-order valence-corrected chi connectivity index (χ0v) is 19.4. The quantitative estimate of drug-likeness (QED) is 0.525. The number of carbonyl (C=O) groups excluding carboxylic acids is 1. The molecule has 3 rings (SSSR count). The number of anilines is 1. The average molecular weight is 423 g/mol. The number of nitrogens with zero attached hydrogens (tertiary/aromatic N) is 3. The molecule has 0 aliphatic heterocycles. The number of amides is 1. The van der Waals surface area contributed by atoms with Crippen molar-refractivity contribution in [3.63, 3.8) is 0 Å². The molecular weight excluding hydrogens is 392 g/mol. The molecular formula is C24H30N4OS. The predicted octanol–water partition coefficient (Wildman–Crippen LogP) is 5.61. The van der Waals surface area contributed by atoms with E-state index in [2.05, 4.69) is 79.0 Å². The zero-order chi connectivity index (χ0) is 21.9. The van der Waals surface area contributed by atoms with Gasteiger partial charge in [0, 0.05) is 17.8 Å². The molecule has 6 heteroatoms. The van der Waals surface area contributed by atoms with Crippen LogP contribution < -0.4 is 5.32 Å². The fourth-order valence-electron chi connectivity index (χ4n) is 3.16. The normalized spacial score (nSPS) is 11.5. The van der Waals surface area contributed by atoms with Gasteiger partial charge in [-0.2, -0.15) is 0 Å². The Kier molecular flexibility index (Phi) is 6.66. The number of rotatable bonds is 6. The molecule has 0 spiro atoms. The highest BCUT2D eigenvalue weighted by molar-refractivity contribution is 7.99. The van der Waals surface area contributed by atoms with Crippen molar-refractivity contribution in [3.8, 4) is 11.4 Å². The summed E-state index contributed by atoms with van der Waals surface area (Å²) in [6.45, 7) is 13.5. The van der Waals surface area contributed by atoms with E-state index in [-0.39, 0.29) is 17.1 Å². The van der Waals surface area contributed by atoms with E-state index in [1.54, 1.807) is 0 Å². The predicted molar refractivity (Wildman–Crippen MR) is 125 cm³/mol. The highest BCUT2D eigenvalue weighted by Gasteiger charge is 2.17. The summed E-state index contributed by atoms with van der Waals surface area (Å²) in [6, 6.07) is 14.4. The second kappa shape index (κ2) is 9.04. The maximum absolute atomic E-state index is 12.4. The molecule has 0 radical (unpaired) electrons. The number of carbonyl (C=O) groups is 1. The van der Waals surface area contributed by atoms with Gasteiger partial charge in [-0.3, -0.25) is 4.79 Å². The lowest BCUT2D eigenvalue weighted by molar-refractivity contribution is -0.113. The van der Waals surface area contributed by atoms with Gasteiger partial charge in [-0.25, -0.2) is 0 Å². The van der Waals surface area contributed by atoms with E-state index in [0.29, 0.717) is 0 Å². The Morgan fingerprint density at radius 3 is 2.33 bits per heavy atom. The average Bonchev–Trinajstić information content (AvgIpc) is 3.11. The first-order chi connectivity index (χ1) is 14.2. The molecule has 1 N–H and O–H groups in total. The van der Waals surface area contributed by atoms with Crippen molar-refractivity contribution in [2.24, 2.45) is 0 Å². The number of benzene rings is 2. The maximum Gasteiger partial charge on any atom is 0.234 e. The third-order valence-corrected chi connectivity index (χ3v) is 6.13. The molecule has 0 atom stereocenters. The first-order valence-corrected chi connectivity index (χ1v) is 11.2. The smallest absolute Gasteiger partial charge is 0.234 e. The number of hydrogen-bond donors (Lipinski definition) is 1. The highest BCUT2D eigenvalue weighted by atomic mass is 32.2. The second-order valence-electron chi connectivity index (χ2n) is 8.51. The Hall–Kier alpha value is -2.60. The SMILES string of the molecule is CCn1c(SCC(=O)Nc2ccc(C)c(C)c2)nnc1-c1ccc(C(C)(C)C)cc1. The van der Waals surface area contributed by atoms with Crippen molar-refractivity contribution < 1.29 is 4.79 Å². The van der Waals surface area contributed by atoms with Crippen molar-refractivity contribution in [1.82, 2.24) is 14.8 Å². The molecule has 0 aliphatic carbocycles. The van der Waals surface area contributed by atoms with Crippen LogP contribution in [0.2, 0.25) is 0 Å². The summed E-state index contributed by atoms with van der Waals surface area (Å²) in [7, 11) is 0. The highest BCUT2D eigenvalue weighted by Crippen LogP contribution is 2.27. The Morgan fingerprint density at radius 2 is 1.73 bits per heavy atom. The van der Waals surface area contributed by atoms with Crippen LogP contribution >= 0.6 is 11.8 Å². The summed E-state index contributed by atoms with van der Waals surface area (Å²) in [4.78, 5) is 12.4. The maximum atomic E-state index is 12.4. The summed E-state index contributed by atoms with van der Waals surface area (Å²) in [5.41, 5.74) is 5.62. The summed E-state index contributed by atoms with van der Waals surface area (Å²) < 4.78 is 2.06. The summed E-state index contributed by atoms with van der Waals surface area (Å²) in [5.74, 6) is 1.06. The van der Waals surface area contributed by atoms with E-state index in [0.717, 1.165) is 34.3 Å². The Labute approximate surface area is 183 Å². The first-order valence-electron chi connectivity index (χ1n) is 10.2. The van der Waals surface area contributed by atoms with Crippen LogP contribution in [0, 0.1) is 13.8 Å². The summed E-state index contributed by atoms with van der Waals surface area (Å²) >= 11 is 1.41. The van der Waals surface area contributed by atoms with E-state index >= 15 is 0 Å². The number of aryl methyl sites for hydroxylation is 2. The van der Waals surface area contributed by atoms with Gasteiger partial charge in [-0.05, 0) is 55.0 Å². The Balaban J connectivity index is 1.69. The second-order valence-corrected chi connectivity index (χ2v) is 9.46. The molecule has 3 aromatic rings. The van der Waals surface area contributed by atoms with Gasteiger partial charge in [-0.15, -0.1) is 10.2 Å². The number of thioether (sulfide) groups is 1. The van der Waals surface area contributed by atoms with Gasteiger partial charge < -0.3 is 9.88 Å². The fraction of sp³-hybridized carbons (Fsp3) is 0.375. The van der Waals surface area contributed by atoms with Crippen LogP contribution in [0.25, 0.3) is 11.4 Å². The van der Waals surface area contributed by atoms with Crippen molar-refractivity contribution in [1.29, 1.82) is 0 Å². The van der Waals surface area contributed by atoms with Crippen molar-refractivity contribution >= 4 is 23.4 Å². The topological polar surface area (TPSA) is 59.8 Å². The largest absolute Gasteiger partial charge is 0.325 e. The van der Waals surface area contributed by atoms with Gasteiger partial charge in [0.05, 0.1) is 5.75 Å². The van der Waals surface area contributed by atoms with Crippen LogP contribution in [0.15, 0.2) is 47.6 Å². The van der Waals surface area contributed by atoms with Crippen molar-refractivity contribution in [2.45, 2.75) is 58.7 Å². The van der Waals surface area contributed by atoms with Crippen molar-refractivity contribution in [3.05, 3.63) is 59.2 Å². The van der Waals surface area contributed by atoms with Crippen molar-refractivity contribution in [2.75, 3.05) is 11.1 Å². The Bertz CT molecular complexity index is 1030. The van der Waals surface area contributed by atoms with Gasteiger partial charge >= 0.3 is 0 Å². The first kappa shape index (κ1) is 22.1. The molecule has 0 unspecified atom stereocenters. The third kappa shape index (κ3) is 5.11. The van der Waals surface area contributed by atoms with Crippen LogP contribution in [-0.2, 0) is 16.8 Å². The number of nitrogens with one attached hydrogen (secondary N) is 1. The van der Waals surface area contributed by atoms with Gasteiger partial charge in [0.25, 0.3) is 0 Å². The molecule has 158 valence electrons. The minimum atomic E-state index is -0.0509. The van der Waals surface area contributed by atoms with Gasteiger partial charge in [0.1, 0.15) is 0 Å². The monoisotopic (exact) mass is 422 g/mol. The van der Waals surface area contributed by atoms with E-state index in [1.165, 1.54) is 22.9 Å². The van der Waals surface area contributed by atoms with Crippen LogP contribution in [-0.4, -0.2) is 26.4 Å². The summed E-state index contributed by atoms with van der Waals surface area (Å²) in [6.07, 6.45) is 0. The lowest BCUT2D eigenvalue weighted by Crippen LogP contribution is -2.14. The molecule has 1 amide bonds. The molecule has 0 fully saturated rings. The molecule has 0 aliphatic rings. The van der Waals surface area contributed by atoms with E-state index in [1.807, 2.05) is 25.1 Å². The Morgan fingerprint density at radius 1 is 1.03 bits per heavy atom. The van der Waals surface area contributed by atoms with Crippen LogP contribution in [0.3, 0.4) is 0 Å². The molecule has 5 nitrogen and oxygen atoms in total. The van der Waals surface area contributed by atoms with Crippen LogP contribution in [0.1, 0.15) is 44.4 Å². The minimum Gasteiger partial charge on any atom is -0.325 e. The molecule has 0 saturated carbocycles. The molecule has 30 heavy (non-hydrogen) atoms. The zero-order valence-electron chi connectivity index (χ0n) is 18.6. The van der Waals surface area contributed by atoms with Crippen LogP contribution in [0.5, 0.6) is 0 Å². The van der Waals surface area contributed by atoms with Gasteiger partial charge in [0.15, 0.2) is 11.0 Å². The van der Waals surface area contributed by atoms with E-state index in [9.17, 15) is 4.79 Å². The van der Waals surface area contributed by atoms with Gasteiger partial charge in [0.2, 0.25) is 5.91 Å². The fourth-order valence-corrected chi connectivity index (χ4v) is 3.96. The molecule has 1 aromatic heterocycles. The van der Waals surface area contributed by atoms with Gasteiger partial charge in [-0.1, -0.05) is 62.9 Å². The third-order valence-electron chi connectivity index (χ3n) is 5.17. The lowest BCUT2D eigenvalue weighted by atomic mass is 9.87. The molecule has 1 heterocycles. The molecule has 0 saturated heterocycles. The molecule has 2 aromatic carbocycles. The number of hydrogen-bond acceptors (Lipinski definition) is 4. The molecule has 0 bridgehead atoms. The van der Waals surface area contributed by atoms with E-state index < -0.39 is 0 Å². The van der Waals surface area contributed by atoms with E-state index in [4.69, 9.17) is 0 Å². The minimum absolute atomic E-state index is 0.0509. The van der Waals surface area contributed by atoms with Crippen LogP contribution in [0.4, 0.5) is 5.69 Å². The lowest BCUT2D eigenvalue weighted by Gasteiger charge is -2.19. The summed E-state index contributed by atoms with van der Waals surface area (Å²) in [5, 5.41) is 12.4.